The van der Waals surface area contributed by atoms with Crippen LogP contribution in [0.2, 0.25) is 0 Å². The fraction of sp³-hybridized carbons (Fsp3) is 0.467. The summed E-state index contributed by atoms with van der Waals surface area (Å²) in [6.45, 7) is 1.79. The fourth-order valence-corrected chi connectivity index (χ4v) is 3.51. The first-order valence-electron chi connectivity index (χ1n) is 6.58. The van der Waals surface area contributed by atoms with Crippen molar-refractivity contribution in [3.05, 3.63) is 47.1 Å². The molecule has 2 nitrogen and oxygen atoms in total. The predicted molar refractivity (Wildman–Crippen MR) is 77.7 cm³/mol. The summed E-state index contributed by atoms with van der Waals surface area (Å²) in [5.74, 6) is -1.79. The van der Waals surface area contributed by atoms with Crippen LogP contribution in [-0.2, 0) is 0 Å². The summed E-state index contributed by atoms with van der Waals surface area (Å²) in [7, 11) is 0. The van der Waals surface area contributed by atoms with Gasteiger partial charge in [-0.2, -0.15) is 13.2 Å². The second-order valence-corrected chi connectivity index (χ2v) is 6.37. The van der Waals surface area contributed by atoms with E-state index in [0.717, 1.165) is 0 Å². The van der Waals surface area contributed by atoms with E-state index in [2.05, 4.69) is 15.9 Å². The van der Waals surface area contributed by atoms with Gasteiger partial charge in [-0.1, -0.05) is 53.2 Å². The topological polar surface area (TPSA) is 40.5 Å². The Morgan fingerprint density at radius 3 is 2.38 bits per heavy atom. The molecule has 0 aromatic rings. The Morgan fingerprint density at radius 1 is 1.19 bits per heavy atom. The van der Waals surface area contributed by atoms with Crippen molar-refractivity contribution in [2.24, 2.45) is 11.8 Å². The molecule has 0 fully saturated rings. The first-order valence-corrected chi connectivity index (χ1v) is 7.49. The second kappa shape index (κ2) is 6.10. The molecule has 3 unspecified atom stereocenters. The van der Waals surface area contributed by atoms with Crippen molar-refractivity contribution >= 4 is 15.9 Å². The maximum Gasteiger partial charge on any atom is 0.397 e. The summed E-state index contributed by atoms with van der Waals surface area (Å²) in [6, 6.07) is 0. The van der Waals surface area contributed by atoms with E-state index in [4.69, 9.17) is 10.2 Å². The third kappa shape index (κ3) is 3.49. The zero-order chi connectivity index (χ0) is 15.8. The molecule has 0 aromatic carbocycles. The fourth-order valence-electron chi connectivity index (χ4n) is 2.75. The third-order valence-corrected chi connectivity index (χ3v) is 4.63. The molecule has 21 heavy (non-hydrogen) atoms. The molecule has 0 heterocycles. The molecule has 0 bridgehead atoms. The molecule has 2 rings (SSSR count). The molecule has 0 amide bonds. The van der Waals surface area contributed by atoms with Gasteiger partial charge in [0.25, 0.3) is 0 Å². The van der Waals surface area contributed by atoms with E-state index in [1.165, 1.54) is 18.2 Å². The van der Waals surface area contributed by atoms with Gasteiger partial charge in [-0.15, -0.1) is 0 Å². The Hall–Kier alpha value is -0.850. The van der Waals surface area contributed by atoms with Crippen molar-refractivity contribution in [3.8, 4) is 0 Å². The predicted octanol–water partition coefficient (Wildman–Crippen LogP) is 3.63. The second-order valence-electron chi connectivity index (χ2n) is 5.31. The van der Waals surface area contributed by atoms with Crippen LogP contribution in [-0.4, -0.2) is 27.5 Å². The van der Waals surface area contributed by atoms with E-state index in [9.17, 15) is 13.2 Å². The molecule has 3 atom stereocenters. The molecule has 116 valence electrons. The van der Waals surface area contributed by atoms with E-state index < -0.39 is 23.2 Å². The molecular formula is C15H16BrF3O2. The summed E-state index contributed by atoms with van der Waals surface area (Å²) in [5, 5.41) is 18.3. The number of aliphatic hydroxyl groups excluding tert-OH is 1. The average Bonchev–Trinajstić information content (AvgIpc) is 2.36. The van der Waals surface area contributed by atoms with Gasteiger partial charge in [0.1, 0.15) is 0 Å². The van der Waals surface area contributed by atoms with Crippen LogP contribution in [0.5, 0.6) is 0 Å². The first-order chi connectivity index (χ1) is 9.71. The van der Waals surface area contributed by atoms with Crippen LogP contribution < -0.4 is 0 Å². The number of hydrogen-bond acceptors (Lipinski definition) is 2. The van der Waals surface area contributed by atoms with Crippen molar-refractivity contribution < 1.29 is 23.4 Å². The normalized spacial score (nSPS) is 30.1. The maximum absolute atomic E-state index is 13.3. The first kappa shape index (κ1) is 16.5. The Labute approximate surface area is 129 Å². The standard InChI is InChI=1S/C15H16BrF3O2/c1-8-7-9(14(20)21)5-6-10(8)11-3-2-4-12(16)13(11)15(17,18)19/h2-6,8,12-14,20-21H,7H2,1H3. The van der Waals surface area contributed by atoms with Crippen molar-refractivity contribution in [2.45, 2.75) is 30.6 Å². The van der Waals surface area contributed by atoms with Gasteiger partial charge >= 0.3 is 6.18 Å². The molecular weight excluding hydrogens is 349 g/mol. The van der Waals surface area contributed by atoms with Crippen molar-refractivity contribution in [1.82, 2.24) is 0 Å². The number of aliphatic hydroxyl groups is 2. The Balaban J connectivity index is 2.39. The minimum Gasteiger partial charge on any atom is -0.365 e. The number of allylic oxidation sites excluding steroid dienone is 7. The molecule has 2 aliphatic rings. The average molecular weight is 365 g/mol. The molecule has 0 spiro atoms. The lowest BCUT2D eigenvalue weighted by Crippen LogP contribution is -2.34. The lowest BCUT2D eigenvalue weighted by Gasteiger charge is -2.33. The summed E-state index contributed by atoms with van der Waals surface area (Å²) in [5.41, 5.74) is 1.25. The molecule has 0 aromatic heterocycles. The van der Waals surface area contributed by atoms with Gasteiger partial charge in [-0.3, -0.25) is 0 Å². The minimum absolute atomic E-state index is 0.200. The number of rotatable bonds is 2. The largest absolute Gasteiger partial charge is 0.397 e. The highest BCUT2D eigenvalue weighted by molar-refractivity contribution is 9.09. The van der Waals surface area contributed by atoms with E-state index in [1.54, 1.807) is 19.1 Å². The van der Waals surface area contributed by atoms with E-state index in [-0.39, 0.29) is 11.5 Å². The van der Waals surface area contributed by atoms with Crippen LogP contribution in [0.3, 0.4) is 0 Å². The van der Waals surface area contributed by atoms with E-state index >= 15 is 0 Å². The summed E-state index contributed by atoms with van der Waals surface area (Å²) >= 11 is 3.08. The van der Waals surface area contributed by atoms with Crippen molar-refractivity contribution in [2.75, 3.05) is 0 Å². The van der Waals surface area contributed by atoms with Crippen LogP contribution >= 0.6 is 15.9 Å². The van der Waals surface area contributed by atoms with Crippen LogP contribution in [0.1, 0.15) is 13.3 Å². The summed E-state index contributed by atoms with van der Waals surface area (Å²) in [4.78, 5) is -0.792. The number of hydrogen-bond donors (Lipinski definition) is 2. The Bertz CT molecular complexity index is 530. The smallest absolute Gasteiger partial charge is 0.365 e. The van der Waals surface area contributed by atoms with Crippen LogP contribution in [0, 0.1) is 11.8 Å². The Kier molecular flexibility index (Phi) is 4.80. The van der Waals surface area contributed by atoms with Crippen LogP contribution in [0.15, 0.2) is 47.1 Å². The highest BCUT2D eigenvalue weighted by atomic mass is 79.9. The maximum atomic E-state index is 13.3. The molecule has 0 saturated heterocycles. The molecule has 0 radical (unpaired) electrons. The Morgan fingerprint density at radius 2 is 1.86 bits per heavy atom. The quantitative estimate of drug-likeness (QED) is 0.580. The van der Waals surface area contributed by atoms with Gasteiger partial charge in [0.15, 0.2) is 6.29 Å². The summed E-state index contributed by atoms with van der Waals surface area (Å²) in [6.07, 6.45) is 2.08. The van der Waals surface area contributed by atoms with Gasteiger partial charge in [-0.05, 0) is 29.1 Å². The van der Waals surface area contributed by atoms with Crippen LogP contribution in [0.25, 0.3) is 0 Å². The lowest BCUT2D eigenvalue weighted by atomic mass is 9.77. The lowest BCUT2D eigenvalue weighted by molar-refractivity contribution is -0.161. The van der Waals surface area contributed by atoms with Gasteiger partial charge in [0.05, 0.1) is 5.92 Å². The van der Waals surface area contributed by atoms with Crippen LogP contribution in [0.4, 0.5) is 13.2 Å². The SMILES string of the molecule is CC1CC(C(O)O)=CC=C1C1=CC=CC(Br)C1C(F)(F)F. The highest BCUT2D eigenvalue weighted by Gasteiger charge is 2.47. The minimum atomic E-state index is -4.34. The van der Waals surface area contributed by atoms with Gasteiger partial charge in [0.2, 0.25) is 0 Å². The molecule has 2 aliphatic carbocycles. The van der Waals surface area contributed by atoms with Crippen molar-refractivity contribution in [3.63, 3.8) is 0 Å². The molecule has 0 saturated carbocycles. The third-order valence-electron chi connectivity index (χ3n) is 3.79. The summed E-state index contributed by atoms with van der Waals surface area (Å²) < 4.78 is 39.9. The van der Waals surface area contributed by atoms with Crippen molar-refractivity contribution in [1.29, 1.82) is 0 Å². The van der Waals surface area contributed by atoms with Gasteiger partial charge < -0.3 is 10.2 Å². The van der Waals surface area contributed by atoms with Gasteiger partial charge in [0, 0.05) is 4.83 Å². The van der Waals surface area contributed by atoms with E-state index in [1.807, 2.05) is 0 Å². The highest BCUT2D eigenvalue weighted by Crippen LogP contribution is 2.45. The number of alkyl halides is 4. The zero-order valence-electron chi connectivity index (χ0n) is 11.3. The van der Waals surface area contributed by atoms with Gasteiger partial charge in [-0.25, -0.2) is 0 Å². The molecule has 6 heteroatoms. The zero-order valence-corrected chi connectivity index (χ0v) is 12.9. The number of halogens is 4. The molecule has 2 N–H and O–H groups in total. The van der Waals surface area contributed by atoms with E-state index in [0.29, 0.717) is 17.6 Å². The molecule has 0 aliphatic heterocycles. The monoisotopic (exact) mass is 364 g/mol.